The van der Waals surface area contributed by atoms with Gasteiger partial charge in [-0.1, -0.05) is 46.3 Å². The molecule has 1 N–H and O–H groups in total. The molecule has 1 aliphatic rings. The molecule has 1 aliphatic heterocycles. The average Bonchev–Trinajstić information content (AvgIpc) is 3.25. The normalized spacial score (nSPS) is 16.9. The standard InChI is InChI=1S/C21H15BrN2O2S/c1-13-4-2-3-5-17(13)23-21-24-20(25)19(27-21)12-16-10-11-18(26-16)14-6-8-15(22)9-7-14/h2-12H,1H3,(H,23,24,25)/b19-12+. The molecular formula is C21H15BrN2O2S. The number of para-hydroxylation sites is 1. The number of rotatable bonds is 3. The minimum atomic E-state index is -0.172. The van der Waals surface area contributed by atoms with Gasteiger partial charge in [0.15, 0.2) is 5.17 Å². The van der Waals surface area contributed by atoms with Crippen LogP contribution in [0.2, 0.25) is 0 Å². The van der Waals surface area contributed by atoms with Crippen LogP contribution in [0.1, 0.15) is 11.3 Å². The monoisotopic (exact) mass is 438 g/mol. The Morgan fingerprint density at radius 2 is 1.85 bits per heavy atom. The second-order valence-corrected chi connectivity index (χ2v) is 7.92. The first-order valence-electron chi connectivity index (χ1n) is 8.29. The Bertz CT molecular complexity index is 1070. The van der Waals surface area contributed by atoms with Crippen molar-refractivity contribution < 1.29 is 9.21 Å². The van der Waals surface area contributed by atoms with Crippen molar-refractivity contribution in [3.63, 3.8) is 0 Å². The lowest BCUT2D eigenvalue weighted by Crippen LogP contribution is -2.19. The lowest BCUT2D eigenvalue weighted by Gasteiger charge is -1.99. The van der Waals surface area contributed by atoms with Crippen molar-refractivity contribution in [1.82, 2.24) is 5.32 Å². The van der Waals surface area contributed by atoms with Gasteiger partial charge in [-0.15, -0.1) is 0 Å². The van der Waals surface area contributed by atoms with Crippen molar-refractivity contribution in [1.29, 1.82) is 0 Å². The maximum absolute atomic E-state index is 12.3. The number of nitrogens with one attached hydrogen (secondary N) is 1. The van der Waals surface area contributed by atoms with E-state index in [2.05, 4.69) is 26.2 Å². The van der Waals surface area contributed by atoms with Gasteiger partial charge < -0.3 is 9.73 Å². The Balaban J connectivity index is 1.55. The number of hydrogen-bond donors (Lipinski definition) is 1. The number of aliphatic imine (C=N–C) groups is 1. The van der Waals surface area contributed by atoms with Crippen molar-refractivity contribution in [2.75, 3.05) is 0 Å². The van der Waals surface area contributed by atoms with E-state index < -0.39 is 0 Å². The molecule has 0 atom stereocenters. The number of carbonyl (C=O) groups is 1. The fourth-order valence-electron chi connectivity index (χ4n) is 2.61. The number of amides is 1. The molecule has 2 aromatic carbocycles. The first kappa shape index (κ1) is 17.8. The number of thioether (sulfide) groups is 1. The Labute approximate surface area is 169 Å². The first-order valence-corrected chi connectivity index (χ1v) is 9.90. The minimum absolute atomic E-state index is 0.172. The quantitative estimate of drug-likeness (QED) is 0.517. The number of carbonyl (C=O) groups excluding carboxylic acids is 1. The number of hydrogen-bond acceptors (Lipinski definition) is 4. The molecule has 1 fully saturated rings. The number of halogens is 1. The number of furan rings is 1. The Hall–Kier alpha value is -2.57. The SMILES string of the molecule is Cc1ccccc1N=C1NC(=O)/C(=C\c2ccc(-c3ccc(Br)cc3)o2)S1. The molecule has 0 spiro atoms. The highest BCUT2D eigenvalue weighted by molar-refractivity contribution is 9.10. The zero-order valence-corrected chi connectivity index (χ0v) is 16.8. The summed E-state index contributed by atoms with van der Waals surface area (Å²) >= 11 is 4.73. The molecule has 2 heterocycles. The second kappa shape index (κ2) is 7.58. The third-order valence-corrected chi connectivity index (χ3v) is 5.46. The third-order valence-electron chi connectivity index (χ3n) is 4.02. The average molecular weight is 439 g/mol. The summed E-state index contributed by atoms with van der Waals surface area (Å²) in [4.78, 5) is 17.3. The Morgan fingerprint density at radius 3 is 2.63 bits per heavy atom. The van der Waals surface area contributed by atoms with E-state index >= 15 is 0 Å². The predicted molar refractivity (Wildman–Crippen MR) is 114 cm³/mol. The molecule has 1 aromatic heterocycles. The third kappa shape index (κ3) is 4.07. The van der Waals surface area contributed by atoms with Gasteiger partial charge in [0.05, 0.1) is 10.6 Å². The van der Waals surface area contributed by atoms with Gasteiger partial charge in [0.25, 0.3) is 5.91 Å². The molecule has 0 radical (unpaired) electrons. The molecule has 4 rings (SSSR count). The van der Waals surface area contributed by atoms with E-state index in [1.54, 1.807) is 6.08 Å². The van der Waals surface area contributed by atoms with Crippen LogP contribution < -0.4 is 5.32 Å². The summed E-state index contributed by atoms with van der Waals surface area (Å²) in [7, 11) is 0. The van der Waals surface area contributed by atoms with E-state index in [1.165, 1.54) is 11.8 Å². The second-order valence-electron chi connectivity index (χ2n) is 5.98. The lowest BCUT2D eigenvalue weighted by atomic mass is 10.2. The molecule has 134 valence electrons. The van der Waals surface area contributed by atoms with E-state index in [0.29, 0.717) is 15.8 Å². The molecule has 0 saturated carbocycles. The summed E-state index contributed by atoms with van der Waals surface area (Å²) < 4.78 is 6.88. The number of aryl methyl sites for hydroxylation is 1. The molecule has 1 saturated heterocycles. The van der Waals surface area contributed by atoms with Crippen LogP contribution in [0.25, 0.3) is 17.4 Å². The van der Waals surface area contributed by atoms with Crippen LogP contribution in [0.3, 0.4) is 0 Å². The Kier molecular flexibility index (Phi) is 5.01. The first-order chi connectivity index (χ1) is 13.1. The van der Waals surface area contributed by atoms with Crippen LogP contribution in [0.5, 0.6) is 0 Å². The van der Waals surface area contributed by atoms with E-state index in [0.717, 1.165) is 27.0 Å². The minimum Gasteiger partial charge on any atom is -0.457 e. The van der Waals surface area contributed by atoms with Crippen LogP contribution in [-0.4, -0.2) is 11.1 Å². The van der Waals surface area contributed by atoms with E-state index in [1.807, 2.05) is 67.6 Å². The maximum Gasteiger partial charge on any atom is 0.264 e. The van der Waals surface area contributed by atoms with Gasteiger partial charge in [0.2, 0.25) is 0 Å². The van der Waals surface area contributed by atoms with Gasteiger partial charge in [-0.05, 0) is 54.6 Å². The van der Waals surface area contributed by atoms with Gasteiger partial charge >= 0.3 is 0 Å². The van der Waals surface area contributed by atoms with Crippen molar-refractivity contribution in [3.05, 3.63) is 81.4 Å². The van der Waals surface area contributed by atoms with Crippen LogP contribution in [0.4, 0.5) is 5.69 Å². The van der Waals surface area contributed by atoms with Crippen molar-refractivity contribution in [3.8, 4) is 11.3 Å². The molecule has 0 unspecified atom stereocenters. The molecular weight excluding hydrogens is 424 g/mol. The number of amidine groups is 1. The maximum atomic E-state index is 12.3. The highest BCUT2D eigenvalue weighted by atomic mass is 79.9. The highest BCUT2D eigenvalue weighted by Gasteiger charge is 2.24. The van der Waals surface area contributed by atoms with E-state index in [4.69, 9.17) is 4.42 Å². The highest BCUT2D eigenvalue weighted by Crippen LogP contribution is 2.31. The topological polar surface area (TPSA) is 54.6 Å². The Morgan fingerprint density at radius 1 is 1.07 bits per heavy atom. The van der Waals surface area contributed by atoms with Gasteiger partial charge in [0, 0.05) is 16.1 Å². The molecule has 6 heteroatoms. The summed E-state index contributed by atoms with van der Waals surface area (Å²) in [6.07, 6.45) is 1.74. The molecule has 0 bridgehead atoms. The smallest absolute Gasteiger partial charge is 0.264 e. The zero-order valence-electron chi connectivity index (χ0n) is 14.4. The molecule has 1 amide bonds. The lowest BCUT2D eigenvalue weighted by molar-refractivity contribution is -0.115. The van der Waals surface area contributed by atoms with Crippen molar-refractivity contribution in [2.45, 2.75) is 6.92 Å². The van der Waals surface area contributed by atoms with Crippen molar-refractivity contribution in [2.24, 2.45) is 4.99 Å². The van der Waals surface area contributed by atoms with Crippen LogP contribution in [-0.2, 0) is 4.79 Å². The summed E-state index contributed by atoms with van der Waals surface area (Å²) in [5.41, 5.74) is 2.88. The fraction of sp³-hybridized carbons (Fsp3) is 0.0476. The summed E-state index contributed by atoms with van der Waals surface area (Å²) in [5.74, 6) is 1.21. The largest absolute Gasteiger partial charge is 0.457 e. The van der Waals surface area contributed by atoms with Gasteiger partial charge in [-0.25, -0.2) is 4.99 Å². The van der Waals surface area contributed by atoms with Gasteiger partial charge in [-0.2, -0.15) is 0 Å². The number of nitrogens with zero attached hydrogens (tertiary/aromatic N) is 1. The summed E-state index contributed by atoms with van der Waals surface area (Å²) in [5, 5.41) is 3.37. The zero-order chi connectivity index (χ0) is 18.8. The molecule has 27 heavy (non-hydrogen) atoms. The van der Waals surface area contributed by atoms with E-state index in [9.17, 15) is 4.79 Å². The van der Waals surface area contributed by atoms with Crippen molar-refractivity contribution >= 4 is 50.5 Å². The molecule has 3 aromatic rings. The molecule has 0 aliphatic carbocycles. The number of benzene rings is 2. The fourth-order valence-corrected chi connectivity index (χ4v) is 3.69. The van der Waals surface area contributed by atoms with Crippen LogP contribution >= 0.6 is 27.7 Å². The van der Waals surface area contributed by atoms with Crippen LogP contribution in [0, 0.1) is 6.92 Å². The summed E-state index contributed by atoms with van der Waals surface area (Å²) in [6.45, 7) is 1.99. The molecule has 4 nitrogen and oxygen atoms in total. The predicted octanol–water partition coefficient (Wildman–Crippen LogP) is 5.91. The van der Waals surface area contributed by atoms with Crippen LogP contribution in [0.15, 0.2) is 79.5 Å². The summed E-state index contributed by atoms with van der Waals surface area (Å²) in [6, 6.07) is 19.4. The van der Waals surface area contributed by atoms with Gasteiger partial charge in [0.1, 0.15) is 11.5 Å². The van der Waals surface area contributed by atoms with E-state index in [-0.39, 0.29) is 5.91 Å². The van der Waals surface area contributed by atoms with Gasteiger partial charge in [-0.3, -0.25) is 4.79 Å².